The first-order valence-electron chi connectivity index (χ1n) is 11.9. The van der Waals surface area contributed by atoms with Crippen molar-refractivity contribution in [2.45, 2.75) is 26.8 Å². The molecule has 1 fully saturated rings. The van der Waals surface area contributed by atoms with Crippen LogP contribution in [0.2, 0.25) is 5.02 Å². The highest BCUT2D eigenvalue weighted by molar-refractivity contribution is 6.31. The highest BCUT2D eigenvalue weighted by Gasteiger charge is 2.20. The van der Waals surface area contributed by atoms with E-state index in [1.165, 1.54) is 0 Å². The fourth-order valence-corrected chi connectivity index (χ4v) is 4.79. The summed E-state index contributed by atoms with van der Waals surface area (Å²) in [6, 6.07) is 15.8. The molecule has 2 aromatic heterocycles. The summed E-state index contributed by atoms with van der Waals surface area (Å²) >= 11 is 6.33. The van der Waals surface area contributed by atoms with Gasteiger partial charge >= 0.3 is 0 Å². The molecule has 1 aliphatic heterocycles. The molecule has 1 saturated heterocycles. The van der Waals surface area contributed by atoms with Gasteiger partial charge in [0.25, 0.3) is 0 Å². The molecule has 4 aromatic rings. The smallest absolute Gasteiger partial charge is 0.246 e. The average Bonchev–Trinajstić information content (AvgIpc) is 3.28. The van der Waals surface area contributed by atoms with E-state index in [-0.39, 0.29) is 5.91 Å². The van der Waals surface area contributed by atoms with Crippen LogP contribution in [0.1, 0.15) is 28.9 Å². The number of anilines is 1. The Bertz CT molecular complexity index is 1350. The molecule has 35 heavy (non-hydrogen) atoms. The molecule has 180 valence electrons. The average molecular weight is 489 g/mol. The maximum Gasteiger partial charge on any atom is 0.246 e. The van der Waals surface area contributed by atoms with E-state index >= 15 is 0 Å². The first-order chi connectivity index (χ1) is 17.0. The van der Waals surface area contributed by atoms with E-state index < -0.39 is 0 Å². The lowest BCUT2D eigenvalue weighted by Crippen LogP contribution is -2.34. The third-order valence-electron chi connectivity index (χ3n) is 6.59. The van der Waals surface area contributed by atoms with Crippen molar-refractivity contribution < 1.29 is 4.79 Å². The molecular weight excluding hydrogens is 460 g/mol. The zero-order valence-electron chi connectivity index (χ0n) is 20.0. The van der Waals surface area contributed by atoms with Gasteiger partial charge in [-0.15, -0.1) is 0 Å². The number of aromatic nitrogens is 4. The van der Waals surface area contributed by atoms with Crippen molar-refractivity contribution in [1.82, 2.24) is 24.6 Å². The van der Waals surface area contributed by atoms with E-state index in [0.29, 0.717) is 13.1 Å². The summed E-state index contributed by atoms with van der Waals surface area (Å²) in [7, 11) is 0. The summed E-state index contributed by atoms with van der Waals surface area (Å²) in [5, 5.41) is 5.41. The third kappa shape index (κ3) is 4.95. The Morgan fingerprint density at radius 1 is 1.06 bits per heavy atom. The molecule has 7 nitrogen and oxygen atoms in total. The molecule has 0 saturated carbocycles. The molecule has 8 heteroatoms. The Hall–Kier alpha value is -3.58. The van der Waals surface area contributed by atoms with E-state index in [2.05, 4.69) is 15.0 Å². The molecular formula is C27H29ClN6O. The van der Waals surface area contributed by atoms with Gasteiger partial charge in [-0.25, -0.2) is 4.98 Å². The van der Waals surface area contributed by atoms with Crippen molar-refractivity contribution in [3.8, 4) is 0 Å². The number of rotatable bonds is 5. The number of benzene rings is 2. The Morgan fingerprint density at radius 3 is 2.69 bits per heavy atom. The fourth-order valence-electron chi connectivity index (χ4n) is 4.59. The Balaban J connectivity index is 1.25. The minimum Gasteiger partial charge on any atom is -0.341 e. The predicted molar refractivity (Wildman–Crippen MR) is 141 cm³/mol. The minimum atomic E-state index is 0.0223. The van der Waals surface area contributed by atoms with E-state index in [9.17, 15) is 4.79 Å². The Kier molecular flexibility index (Phi) is 6.59. The van der Waals surface area contributed by atoms with Gasteiger partial charge in [-0.3, -0.25) is 9.48 Å². The number of carbonyl (C=O) groups is 1. The van der Waals surface area contributed by atoms with E-state index in [1.54, 1.807) is 6.08 Å². The molecule has 0 unspecified atom stereocenters. The number of carbonyl (C=O) groups excluding carboxylic acids is 1. The number of nitrogens with zero attached hydrogens (tertiary/aromatic N) is 5. The maximum atomic E-state index is 13.0. The first kappa shape index (κ1) is 23.2. The third-order valence-corrected chi connectivity index (χ3v) is 6.96. The number of aryl methyl sites for hydroxylation is 1. The van der Waals surface area contributed by atoms with Crippen LogP contribution in [0.25, 0.3) is 17.1 Å². The van der Waals surface area contributed by atoms with Gasteiger partial charge in [0.2, 0.25) is 11.9 Å². The fraction of sp³-hybridized carbons (Fsp3) is 0.296. The molecule has 0 radical (unpaired) electrons. The van der Waals surface area contributed by atoms with Gasteiger partial charge in [0, 0.05) is 48.5 Å². The van der Waals surface area contributed by atoms with Gasteiger partial charge < -0.3 is 14.8 Å². The van der Waals surface area contributed by atoms with Gasteiger partial charge in [-0.1, -0.05) is 41.9 Å². The Morgan fingerprint density at radius 2 is 1.86 bits per heavy atom. The molecule has 0 bridgehead atoms. The standard InChI is InChI=1S/C27H29ClN6O/c1-19-22(20(2)34(31-19)18-21-8-3-4-9-23(21)28)12-13-26(35)32-14-7-15-33(17-16-32)27-29-24-10-5-6-11-25(24)30-27/h3-6,8-13H,7,14-18H2,1-2H3,(H,29,30)/b13-12+. The lowest BCUT2D eigenvalue weighted by molar-refractivity contribution is -0.125. The summed E-state index contributed by atoms with van der Waals surface area (Å²) in [5.74, 6) is 0.891. The van der Waals surface area contributed by atoms with E-state index in [0.717, 1.165) is 70.6 Å². The van der Waals surface area contributed by atoms with Gasteiger partial charge in [-0.2, -0.15) is 5.10 Å². The second-order valence-electron chi connectivity index (χ2n) is 8.91. The number of hydrogen-bond donors (Lipinski definition) is 1. The van der Waals surface area contributed by atoms with Gasteiger partial charge in [0.05, 0.1) is 23.3 Å². The molecule has 0 spiro atoms. The zero-order chi connectivity index (χ0) is 24.4. The summed E-state index contributed by atoms with van der Waals surface area (Å²) in [5.41, 5.74) is 5.89. The van der Waals surface area contributed by atoms with Crippen LogP contribution in [-0.2, 0) is 11.3 Å². The van der Waals surface area contributed by atoms with E-state index in [1.807, 2.05) is 78.0 Å². The number of fused-ring (bicyclic) bond motifs is 1. The van der Waals surface area contributed by atoms with Crippen LogP contribution >= 0.6 is 11.6 Å². The molecule has 2 aromatic carbocycles. The van der Waals surface area contributed by atoms with Crippen LogP contribution in [0.3, 0.4) is 0 Å². The summed E-state index contributed by atoms with van der Waals surface area (Å²) < 4.78 is 1.94. The summed E-state index contributed by atoms with van der Waals surface area (Å²) in [6.45, 7) is 7.58. The van der Waals surface area contributed by atoms with E-state index in [4.69, 9.17) is 16.6 Å². The van der Waals surface area contributed by atoms with Gasteiger partial charge in [-0.05, 0) is 50.1 Å². The first-order valence-corrected chi connectivity index (χ1v) is 12.3. The quantitative estimate of drug-likeness (QED) is 0.408. The maximum absolute atomic E-state index is 13.0. The van der Waals surface area contributed by atoms with Crippen LogP contribution in [0.4, 0.5) is 5.95 Å². The van der Waals surface area contributed by atoms with Crippen LogP contribution in [0, 0.1) is 13.8 Å². The number of para-hydroxylation sites is 2. The molecule has 1 amide bonds. The molecule has 0 aliphatic carbocycles. The monoisotopic (exact) mass is 488 g/mol. The summed E-state index contributed by atoms with van der Waals surface area (Å²) in [4.78, 5) is 25.3. The molecule has 3 heterocycles. The van der Waals surface area contributed by atoms with Crippen molar-refractivity contribution in [2.75, 3.05) is 31.1 Å². The second kappa shape index (κ2) is 9.96. The SMILES string of the molecule is Cc1nn(Cc2ccccc2Cl)c(C)c1/C=C/C(=O)N1CCCN(c2nc3ccccc3[nH]2)CC1. The summed E-state index contributed by atoms with van der Waals surface area (Å²) in [6.07, 6.45) is 4.46. The predicted octanol–water partition coefficient (Wildman–Crippen LogP) is 4.83. The highest BCUT2D eigenvalue weighted by Crippen LogP contribution is 2.21. The molecule has 5 rings (SSSR count). The van der Waals surface area contributed by atoms with Crippen LogP contribution in [-0.4, -0.2) is 56.7 Å². The van der Waals surface area contributed by atoms with Crippen LogP contribution < -0.4 is 4.90 Å². The van der Waals surface area contributed by atoms with Crippen molar-refractivity contribution >= 4 is 40.6 Å². The van der Waals surface area contributed by atoms with Crippen molar-refractivity contribution in [2.24, 2.45) is 0 Å². The normalized spacial score (nSPS) is 14.7. The molecule has 1 N–H and O–H groups in total. The van der Waals surface area contributed by atoms with Gasteiger partial charge in [0.1, 0.15) is 0 Å². The molecule has 0 atom stereocenters. The largest absolute Gasteiger partial charge is 0.341 e. The minimum absolute atomic E-state index is 0.0223. The number of nitrogens with one attached hydrogen (secondary N) is 1. The Labute approximate surface area is 210 Å². The topological polar surface area (TPSA) is 70.1 Å². The number of H-pyrrole nitrogens is 1. The molecule has 1 aliphatic rings. The van der Waals surface area contributed by atoms with Crippen molar-refractivity contribution in [3.05, 3.63) is 82.1 Å². The van der Waals surface area contributed by atoms with Crippen LogP contribution in [0.5, 0.6) is 0 Å². The number of aromatic amines is 1. The number of hydrogen-bond acceptors (Lipinski definition) is 4. The van der Waals surface area contributed by atoms with Crippen LogP contribution in [0.15, 0.2) is 54.6 Å². The zero-order valence-corrected chi connectivity index (χ0v) is 20.8. The second-order valence-corrected chi connectivity index (χ2v) is 9.32. The lowest BCUT2D eigenvalue weighted by Gasteiger charge is -2.20. The van der Waals surface area contributed by atoms with Crippen molar-refractivity contribution in [1.29, 1.82) is 0 Å². The lowest BCUT2D eigenvalue weighted by atomic mass is 10.1. The van der Waals surface area contributed by atoms with Gasteiger partial charge in [0.15, 0.2) is 0 Å². The van der Waals surface area contributed by atoms with Crippen molar-refractivity contribution in [3.63, 3.8) is 0 Å². The number of halogens is 1. The number of imidazole rings is 1. The highest BCUT2D eigenvalue weighted by atomic mass is 35.5. The number of amides is 1.